The number of hydrogen-bond acceptors (Lipinski definition) is 6. The number of hydrogen-bond donors (Lipinski definition) is 0. The van der Waals surface area contributed by atoms with Crippen molar-refractivity contribution in [1.82, 2.24) is 19.6 Å². The fourth-order valence-electron chi connectivity index (χ4n) is 4.82. The summed E-state index contributed by atoms with van der Waals surface area (Å²) >= 11 is 0. The minimum absolute atomic E-state index is 0.102. The fourth-order valence-corrected chi connectivity index (χ4v) is 4.82. The summed E-state index contributed by atoms with van der Waals surface area (Å²) in [7, 11) is 0. The molecular formula is C19H34N4O3. The Kier molecular flexibility index (Phi) is 5.69. The number of likely N-dealkylation sites (tertiary alicyclic amines) is 1. The predicted octanol–water partition coefficient (Wildman–Crippen LogP) is 0.700. The van der Waals surface area contributed by atoms with Gasteiger partial charge in [-0.25, -0.2) is 4.79 Å². The summed E-state index contributed by atoms with van der Waals surface area (Å²) in [4.78, 5) is 21.8. The highest BCUT2D eigenvalue weighted by molar-refractivity contribution is 5.70. The van der Waals surface area contributed by atoms with Crippen LogP contribution in [0.4, 0.5) is 4.79 Å². The lowest BCUT2D eigenvalue weighted by atomic mass is 9.90. The average Bonchev–Trinajstić information content (AvgIpc) is 3.30. The molecule has 4 aliphatic heterocycles. The topological polar surface area (TPSA) is 48.5 Å². The molecule has 0 aromatic heterocycles. The fraction of sp³-hybridized carbons (Fsp3) is 0.947. The van der Waals surface area contributed by atoms with E-state index in [1.54, 1.807) is 0 Å². The number of piperazine rings is 1. The zero-order valence-corrected chi connectivity index (χ0v) is 16.2. The van der Waals surface area contributed by atoms with E-state index in [-0.39, 0.29) is 11.7 Å². The van der Waals surface area contributed by atoms with Crippen LogP contribution in [0.3, 0.4) is 0 Å². The maximum atomic E-state index is 12.4. The molecule has 0 N–H and O–H groups in total. The molecule has 7 nitrogen and oxygen atoms in total. The van der Waals surface area contributed by atoms with Gasteiger partial charge in [0.25, 0.3) is 0 Å². The van der Waals surface area contributed by atoms with Crippen molar-refractivity contribution < 1.29 is 14.3 Å². The molecular weight excluding hydrogens is 332 g/mol. The van der Waals surface area contributed by atoms with Crippen LogP contribution in [0.1, 0.15) is 26.2 Å². The number of amides is 1. The molecule has 0 aliphatic carbocycles. The van der Waals surface area contributed by atoms with Gasteiger partial charge in [-0.1, -0.05) is 6.92 Å². The summed E-state index contributed by atoms with van der Waals surface area (Å²) < 4.78 is 11.4. The third kappa shape index (κ3) is 4.01. The van der Waals surface area contributed by atoms with Crippen LogP contribution in [0.25, 0.3) is 0 Å². The molecule has 0 aromatic rings. The van der Waals surface area contributed by atoms with E-state index in [4.69, 9.17) is 9.47 Å². The third-order valence-corrected chi connectivity index (χ3v) is 6.77. The van der Waals surface area contributed by atoms with Crippen molar-refractivity contribution in [3.63, 3.8) is 0 Å². The molecule has 0 saturated carbocycles. The minimum atomic E-state index is -0.242. The SMILES string of the molecule is CCN1CCN(CCN2CC3(CCN([C@H]4CCOC4)CC3)OC2=O)CC1. The number of carbonyl (C=O) groups is 1. The molecule has 0 unspecified atom stereocenters. The van der Waals surface area contributed by atoms with Crippen molar-refractivity contribution in [2.24, 2.45) is 0 Å². The molecule has 4 fully saturated rings. The van der Waals surface area contributed by atoms with Crippen LogP contribution in [-0.4, -0.2) is 116 Å². The van der Waals surface area contributed by atoms with Gasteiger partial charge >= 0.3 is 6.09 Å². The highest BCUT2D eigenvalue weighted by Crippen LogP contribution is 2.34. The zero-order chi connectivity index (χ0) is 18.0. The summed E-state index contributed by atoms with van der Waals surface area (Å²) in [5.74, 6) is 0. The first-order valence-electron chi connectivity index (χ1n) is 10.4. The van der Waals surface area contributed by atoms with Gasteiger partial charge in [-0.3, -0.25) is 9.80 Å². The number of ether oxygens (including phenoxy) is 2. The Labute approximate surface area is 157 Å². The molecule has 26 heavy (non-hydrogen) atoms. The largest absolute Gasteiger partial charge is 0.441 e. The molecule has 1 amide bonds. The highest BCUT2D eigenvalue weighted by Gasteiger charge is 2.47. The normalized spacial score (nSPS) is 31.0. The lowest BCUT2D eigenvalue weighted by Crippen LogP contribution is -2.51. The molecule has 0 radical (unpaired) electrons. The first-order chi connectivity index (χ1) is 12.7. The lowest BCUT2D eigenvalue weighted by molar-refractivity contribution is -0.0112. The molecule has 148 valence electrons. The third-order valence-electron chi connectivity index (χ3n) is 6.77. The molecule has 1 atom stereocenters. The summed E-state index contributed by atoms with van der Waals surface area (Å²) in [6.07, 6.45) is 2.96. The second-order valence-corrected chi connectivity index (χ2v) is 8.30. The summed E-state index contributed by atoms with van der Waals surface area (Å²) in [5, 5.41) is 0. The number of carbonyl (C=O) groups excluding carboxylic acids is 1. The number of nitrogens with zero attached hydrogens (tertiary/aromatic N) is 4. The van der Waals surface area contributed by atoms with Gasteiger partial charge in [-0.2, -0.15) is 0 Å². The summed E-state index contributed by atoms with van der Waals surface area (Å²) in [6, 6.07) is 0.572. The van der Waals surface area contributed by atoms with Gasteiger partial charge in [0.05, 0.1) is 13.2 Å². The van der Waals surface area contributed by atoms with Gasteiger partial charge < -0.3 is 19.3 Å². The zero-order valence-electron chi connectivity index (χ0n) is 16.2. The Hall–Kier alpha value is -0.890. The van der Waals surface area contributed by atoms with Gasteiger partial charge in [0.2, 0.25) is 0 Å². The van der Waals surface area contributed by atoms with Crippen LogP contribution in [0.5, 0.6) is 0 Å². The smallest absolute Gasteiger partial charge is 0.410 e. The van der Waals surface area contributed by atoms with E-state index >= 15 is 0 Å². The summed E-state index contributed by atoms with van der Waals surface area (Å²) in [6.45, 7) is 14.2. The minimum Gasteiger partial charge on any atom is -0.441 e. The Balaban J connectivity index is 1.22. The van der Waals surface area contributed by atoms with Gasteiger partial charge in [-0.15, -0.1) is 0 Å². The van der Waals surface area contributed by atoms with Crippen LogP contribution in [0.15, 0.2) is 0 Å². The van der Waals surface area contributed by atoms with Gasteiger partial charge in [-0.05, 0) is 13.0 Å². The van der Waals surface area contributed by atoms with Crippen molar-refractivity contribution in [2.75, 3.05) is 78.7 Å². The molecule has 7 heteroatoms. The standard InChI is InChI=1S/C19H34N4O3/c1-2-20-8-10-21(11-9-20)12-13-23-16-19(26-18(23)24)4-6-22(7-5-19)17-3-14-25-15-17/h17H,2-16H2,1H3/t17-/m0/s1. The van der Waals surface area contributed by atoms with Crippen LogP contribution in [0.2, 0.25) is 0 Å². The second kappa shape index (κ2) is 8.00. The molecule has 1 spiro atoms. The Morgan fingerprint density at radius 3 is 2.42 bits per heavy atom. The van der Waals surface area contributed by atoms with Crippen LogP contribution in [0, 0.1) is 0 Å². The van der Waals surface area contributed by atoms with E-state index < -0.39 is 0 Å². The Morgan fingerprint density at radius 2 is 1.77 bits per heavy atom. The Bertz CT molecular complexity index is 481. The quantitative estimate of drug-likeness (QED) is 0.714. The van der Waals surface area contributed by atoms with Crippen molar-refractivity contribution in [1.29, 1.82) is 0 Å². The van der Waals surface area contributed by atoms with Crippen LogP contribution >= 0.6 is 0 Å². The van der Waals surface area contributed by atoms with E-state index in [0.717, 1.165) is 97.9 Å². The van der Waals surface area contributed by atoms with Crippen molar-refractivity contribution in [3.8, 4) is 0 Å². The maximum Gasteiger partial charge on any atom is 0.410 e. The van der Waals surface area contributed by atoms with Crippen molar-refractivity contribution in [3.05, 3.63) is 0 Å². The van der Waals surface area contributed by atoms with E-state index in [1.807, 2.05) is 4.90 Å². The van der Waals surface area contributed by atoms with Crippen molar-refractivity contribution >= 4 is 6.09 Å². The predicted molar refractivity (Wildman–Crippen MR) is 99.4 cm³/mol. The first-order valence-corrected chi connectivity index (χ1v) is 10.4. The molecule has 4 saturated heterocycles. The monoisotopic (exact) mass is 366 g/mol. The summed E-state index contributed by atoms with van der Waals surface area (Å²) in [5.41, 5.74) is -0.242. The van der Waals surface area contributed by atoms with Crippen LogP contribution < -0.4 is 0 Å². The lowest BCUT2D eigenvalue weighted by Gasteiger charge is -2.39. The number of likely N-dealkylation sites (N-methyl/N-ethyl adjacent to an activating group) is 1. The maximum absolute atomic E-state index is 12.4. The molecule has 0 bridgehead atoms. The first kappa shape index (κ1) is 18.5. The highest BCUT2D eigenvalue weighted by atomic mass is 16.6. The Morgan fingerprint density at radius 1 is 1.04 bits per heavy atom. The van der Waals surface area contributed by atoms with E-state index in [2.05, 4.69) is 21.6 Å². The average molecular weight is 367 g/mol. The number of piperidine rings is 1. The van der Waals surface area contributed by atoms with E-state index in [9.17, 15) is 4.79 Å². The van der Waals surface area contributed by atoms with Gasteiger partial charge in [0, 0.05) is 77.8 Å². The molecule has 0 aromatic carbocycles. The van der Waals surface area contributed by atoms with Crippen LogP contribution in [-0.2, 0) is 9.47 Å². The molecule has 4 aliphatic rings. The van der Waals surface area contributed by atoms with Gasteiger partial charge in [0.1, 0.15) is 5.60 Å². The number of rotatable bonds is 5. The van der Waals surface area contributed by atoms with E-state index in [1.165, 1.54) is 0 Å². The van der Waals surface area contributed by atoms with E-state index in [0.29, 0.717) is 6.04 Å². The van der Waals surface area contributed by atoms with Gasteiger partial charge in [0.15, 0.2) is 0 Å². The van der Waals surface area contributed by atoms with Crippen molar-refractivity contribution in [2.45, 2.75) is 37.8 Å². The second-order valence-electron chi connectivity index (χ2n) is 8.30. The molecule has 4 rings (SSSR count). The molecule has 4 heterocycles.